The normalized spacial score (nSPS) is 20.3. The first-order chi connectivity index (χ1) is 14.7. The van der Waals surface area contributed by atoms with Gasteiger partial charge in [-0.3, -0.25) is 0 Å². The minimum Gasteiger partial charge on any atom is -0.465 e. The summed E-state index contributed by atoms with van der Waals surface area (Å²) in [4.78, 5) is 25.8. The van der Waals surface area contributed by atoms with Gasteiger partial charge in [-0.25, -0.2) is 9.59 Å². The Balaban J connectivity index is 2.15. The number of carbonyl (C=O) groups is 2. The topological polar surface area (TPSA) is 77.1 Å². The number of nitrogens with one attached hydrogen (secondary N) is 1. The van der Waals surface area contributed by atoms with Crippen molar-refractivity contribution in [3.63, 3.8) is 0 Å². The van der Waals surface area contributed by atoms with Gasteiger partial charge in [0, 0.05) is 19.1 Å². The number of amides is 1. The monoisotopic (exact) mass is 460 g/mol. The van der Waals surface area contributed by atoms with Gasteiger partial charge in [0.1, 0.15) is 5.60 Å². The van der Waals surface area contributed by atoms with Gasteiger partial charge in [-0.15, -0.1) is 13.2 Å². The lowest BCUT2D eigenvalue weighted by molar-refractivity contribution is -0.274. The molecule has 0 aliphatic carbocycles. The number of benzene rings is 1. The van der Waals surface area contributed by atoms with Crippen LogP contribution in [-0.4, -0.2) is 55.2 Å². The molecule has 1 heterocycles. The van der Waals surface area contributed by atoms with Gasteiger partial charge in [-0.05, 0) is 64.2 Å². The number of alkyl halides is 3. The van der Waals surface area contributed by atoms with E-state index in [1.807, 2.05) is 13.8 Å². The fraction of sp³-hybridized carbons (Fsp3) is 0.636. The summed E-state index contributed by atoms with van der Waals surface area (Å²) in [5.41, 5.74) is -0.449. The van der Waals surface area contributed by atoms with Crippen molar-refractivity contribution in [2.75, 3.05) is 25.5 Å². The summed E-state index contributed by atoms with van der Waals surface area (Å²) in [6, 6.07) is 3.33. The number of esters is 1. The van der Waals surface area contributed by atoms with Crippen molar-refractivity contribution >= 4 is 17.7 Å². The van der Waals surface area contributed by atoms with Crippen LogP contribution in [0.4, 0.5) is 23.7 Å². The number of likely N-dealkylation sites (tertiary alicyclic amines) is 1. The van der Waals surface area contributed by atoms with Crippen LogP contribution < -0.4 is 10.1 Å². The molecule has 3 atom stereocenters. The molecule has 0 saturated carbocycles. The van der Waals surface area contributed by atoms with Crippen molar-refractivity contribution < 1.29 is 37.0 Å². The number of hydrogen-bond donors (Lipinski definition) is 1. The third-order valence-electron chi connectivity index (χ3n) is 5.28. The van der Waals surface area contributed by atoms with E-state index in [0.717, 1.165) is 6.07 Å². The second-order valence-electron chi connectivity index (χ2n) is 9.04. The number of methoxy groups -OCH3 is 1. The average Bonchev–Trinajstić information content (AvgIpc) is 2.66. The maximum atomic E-state index is 12.8. The number of piperidine rings is 1. The van der Waals surface area contributed by atoms with Gasteiger partial charge in [0.25, 0.3) is 0 Å². The van der Waals surface area contributed by atoms with E-state index < -0.39 is 23.7 Å². The van der Waals surface area contributed by atoms with Crippen LogP contribution >= 0.6 is 0 Å². The Morgan fingerprint density at radius 3 is 2.41 bits per heavy atom. The molecule has 0 spiro atoms. The van der Waals surface area contributed by atoms with Crippen molar-refractivity contribution in [2.24, 2.45) is 11.8 Å². The van der Waals surface area contributed by atoms with Crippen LogP contribution in [0.5, 0.6) is 5.75 Å². The summed E-state index contributed by atoms with van der Waals surface area (Å²) >= 11 is 0. The predicted octanol–water partition coefficient (Wildman–Crippen LogP) is 5.07. The van der Waals surface area contributed by atoms with E-state index in [1.165, 1.54) is 19.2 Å². The Morgan fingerprint density at radius 1 is 1.22 bits per heavy atom. The third kappa shape index (κ3) is 7.20. The van der Waals surface area contributed by atoms with Gasteiger partial charge in [0.05, 0.1) is 18.4 Å². The van der Waals surface area contributed by atoms with Gasteiger partial charge in [-0.2, -0.15) is 0 Å². The number of halogens is 3. The van der Waals surface area contributed by atoms with Crippen molar-refractivity contribution in [1.82, 2.24) is 4.90 Å². The molecule has 32 heavy (non-hydrogen) atoms. The molecule has 1 aliphatic heterocycles. The van der Waals surface area contributed by atoms with Gasteiger partial charge in [0.15, 0.2) is 5.75 Å². The Hall–Kier alpha value is -2.65. The standard InChI is InChI=1S/C22H31F3N2O5/c1-13-12-27(20(29)32-21(3,4)5)10-9-16(13)14(2)26-17-11-15(19(28)30-6)7-8-18(17)31-22(23,24)25/h7-8,11,13-14,16,26H,9-10,12H2,1-6H3/t13-,14+,16+/m1/s1. The average molecular weight is 460 g/mol. The fourth-order valence-corrected chi connectivity index (χ4v) is 3.85. The minimum atomic E-state index is -4.88. The lowest BCUT2D eigenvalue weighted by Gasteiger charge is -2.40. The molecule has 1 amide bonds. The molecule has 2 rings (SSSR count). The number of nitrogens with zero attached hydrogens (tertiary/aromatic N) is 1. The smallest absolute Gasteiger partial charge is 0.465 e. The van der Waals surface area contributed by atoms with Crippen molar-refractivity contribution in [1.29, 1.82) is 0 Å². The highest BCUT2D eigenvalue weighted by molar-refractivity contribution is 5.91. The second-order valence-corrected chi connectivity index (χ2v) is 9.04. The number of carbonyl (C=O) groups excluding carboxylic acids is 2. The SMILES string of the molecule is COC(=O)c1ccc(OC(F)(F)F)c(N[C@@H](C)[C@H]2CCN(C(=O)OC(C)(C)C)C[C@H]2C)c1. The first kappa shape index (κ1) is 25.6. The highest BCUT2D eigenvalue weighted by atomic mass is 19.4. The van der Waals surface area contributed by atoms with Gasteiger partial charge in [0.2, 0.25) is 0 Å². The van der Waals surface area contributed by atoms with Gasteiger partial charge >= 0.3 is 18.4 Å². The Labute approximate surface area is 186 Å². The first-order valence-electron chi connectivity index (χ1n) is 10.4. The molecule has 1 saturated heterocycles. The number of ether oxygens (including phenoxy) is 3. The maximum absolute atomic E-state index is 12.8. The van der Waals surface area contributed by atoms with Crippen LogP contribution in [0.3, 0.4) is 0 Å². The van der Waals surface area contributed by atoms with Gasteiger partial charge < -0.3 is 24.4 Å². The molecule has 1 aliphatic rings. The zero-order chi connectivity index (χ0) is 24.3. The molecule has 0 radical (unpaired) electrons. The summed E-state index contributed by atoms with van der Waals surface area (Å²) in [5, 5.41) is 3.07. The van der Waals surface area contributed by atoms with E-state index in [9.17, 15) is 22.8 Å². The molecule has 1 fully saturated rings. The summed E-state index contributed by atoms with van der Waals surface area (Å²) in [7, 11) is 1.19. The van der Waals surface area contributed by atoms with Crippen LogP contribution in [0.15, 0.2) is 18.2 Å². The highest BCUT2D eigenvalue weighted by Gasteiger charge is 2.35. The molecule has 0 bridgehead atoms. The molecular formula is C22H31F3N2O5. The Bertz CT molecular complexity index is 823. The highest BCUT2D eigenvalue weighted by Crippen LogP contribution is 2.35. The number of rotatable bonds is 5. The van der Waals surface area contributed by atoms with E-state index in [4.69, 9.17) is 4.74 Å². The number of anilines is 1. The van der Waals surface area contributed by atoms with Gasteiger partial charge in [-0.1, -0.05) is 6.92 Å². The first-order valence-corrected chi connectivity index (χ1v) is 10.4. The van der Waals surface area contributed by atoms with E-state index in [0.29, 0.717) is 19.5 Å². The van der Waals surface area contributed by atoms with Crippen LogP contribution in [0, 0.1) is 11.8 Å². The molecular weight excluding hydrogens is 429 g/mol. The van der Waals surface area contributed by atoms with E-state index >= 15 is 0 Å². The zero-order valence-electron chi connectivity index (χ0n) is 19.2. The van der Waals surface area contributed by atoms with Crippen molar-refractivity contribution in [3.8, 4) is 5.75 Å². The summed E-state index contributed by atoms with van der Waals surface area (Å²) < 4.78 is 52.8. The quantitative estimate of drug-likeness (QED) is 0.619. The van der Waals surface area contributed by atoms with Crippen LogP contribution in [0.1, 0.15) is 51.4 Å². The molecule has 1 aromatic rings. The molecule has 180 valence electrons. The molecule has 1 aromatic carbocycles. The van der Waals surface area contributed by atoms with Crippen LogP contribution in [-0.2, 0) is 9.47 Å². The zero-order valence-corrected chi connectivity index (χ0v) is 19.2. The summed E-state index contributed by atoms with van der Waals surface area (Å²) in [5.74, 6) is -0.974. The molecule has 0 aromatic heterocycles. The maximum Gasteiger partial charge on any atom is 0.573 e. The Kier molecular flexibility index (Phi) is 7.90. The molecule has 10 heteroatoms. The fourth-order valence-electron chi connectivity index (χ4n) is 3.85. The van der Waals surface area contributed by atoms with Crippen molar-refractivity contribution in [2.45, 2.75) is 59.0 Å². The second kappa shape index (κ2) is 9.87. The summed E-state index contributed by atoms with van der Waals surface area (Å²) in [6.07, 6.45) is -4.62. The lowest BCUT2D eigenvalue weighted by atomic mass is 9.82. The third-order valence-corrected chi connectivity index (χ3v) is 5.28. The van der Waals surface area contributed by atoms with Crippen LogP contribution in [0.25, 0.3) is 0 Å². The molecule has 0 unspecified atom stereocenters. The minimum absolute atomic E-state index is 0.0412. The van der Waals surface area contributed by atoms with Crippen molar-refractivity contribution in [3.05, 3.63) is 23.8 Å². The molecule has 7 nitrogen and oxygen atoms in total. The Morgan fingerprint density at radius 2 is 1.88 bits per heavy atom. The number of hydrogen-bond acceptors (Lipinski definition) is 6. The van der Waals surface area contributed by atoms with E-state index in [2.05, 4.69) is 14.8 Å². The summed E-state index contributed by atoms with van der Waals surface area (Å²) in [6.45, 7) is 10.2. The largest absolute Gasteiger partial charge is 0.573 e. The van der Waals surface area contributed by atoms with E-state index in [-0.39, 0.29) is 35.2 Å². The van der Waals surface area contributed by atoms with Crippen LogP contribution in [0.2, 0.25) is 0 Å². The molecule has 1 N–H and O–H groups in total. The van der Waals surface area contributed by atoms with E-state index in [1.54, 1.807) is 25.7 Å². The predicted molar refractivity (Wildman–Crippen MR) is 113 cm³/mol. The lowest BCUT2D eigenvalue weighted by Crippen LogP contribution is -2.48.